The van der Waals surface area contributed by atoms with E-state index in [1.54, 1.807) is 18.2 Å². The summed E-state index contributed by atoms with van der Waals surface area (Å²) in [6.45, 7) is 0.472. The van der Waals surface area contributed by atoms with E-state index in [0.29, 0.717) is 27.2 Å². The minimum Gasteiger partial charge on any atom is -0.366 e. The van der Waals surface area contributed by atoms with E-state index in [1.807, 2.05) is 48.5 Å². The number of benzene rings is 4. The van der Waals surface area contributed by atoms with Crippen LogP contribution in [0.15, 0.2) is 72.8 Å². The molecule has 0 aliphatic heterocycles. The number of carbonyl (C=O) groups excluding carboxylic acids is 1. The maximum atomic E-state index is 12.2. The van der Waals surface area contributed by atoms with Crippen molar-refractivity contribution >= 4 is 62.5 Å². The lowest BCUT2D eigenvalue weighted by molar-refractivity contribution is 0.100. The maximum Gasteiger partial charge on any atom is 0.249 e. The molecule has 1 amide bonds. The van der Waals surface area contributed by atoms with Crippen molar-refractivity contribution in [2.24, 2.45) is 5.73 Å². The van der Waals surface area contributed by atoms with Crippen LogP contribution in [0.2, 0.25) is 15.1 Å². The molecule has 0 bridgehead atoms. The van der Waals surface area contributed by atoms with Gasteiger partial charge in [0.05, 0.1) is 11.0 Å². The number of amides is 1. The summed E-state index contributed by atoms with van der Waals surface area (Å²) in [5, 5.41) is 3.50. The number of nitrogens with two attached hydrogens (primary N) is 1. The molecular formula is C26H16Cl3N2O. The Morgan fingerprint density at radius 1 is 0.875 bits per heavy atom. The maximum absolute atomic E-state index is 12.2. The van der Waals surface area contributed by atoms with Gasteiger partial charge in [0.1, 0.15) is 0 Å². The highest BCUT2D eigenvalue weighted by molar-refractivity contribution is 6.33. The predicted molar refractivity (Wildman–Crippen MR) is 133 cm³/mol. The third-order valence-corrected chi connectivity index (χ3v) is 6.43. The average Bonchev–Trinajstić information content (AvgIpc) is 3.09. The molecule has 32 heavy (non-hydrogen) atoms. The zero-order valence-corrected chi connectivity index (χ0v) is 19.0. The van der Waals surface area contributed by atoms with Crippen LogP contribution in [0.3, 0.4) is 0 Å². The Balaban J connectivity index is 1.81. The second-order valence-corrected chi connectivity index (χ2v) is 8.82. The molecule has 4 aromatic carbocycles. The van der Waals surface area contributed by atoms with Crippen molar-refractivity contribution in [3.8, 4) is 11.1 Å². The van der Waals surface area contributed by atoms with Crippen molar-refractivity contribution < 1.29 is 4.79 Å². The standard InChI is InChI=1S/C26H16Cl3N2O/c27-18-7-4-15(5-8-18)16-6-10-20-24(13-16)31(14-17-12-19(28)9-11-22(17)29)23-3-1-2-21(25(20)23)26(30)32/h1-9,11-13H,14H2,(H2,30,32). The number of rotatable bonds is 4. The van der Waals surface area contributed by atoms with Crippen molar-refractivity contribution in [2.45, 2.75) is 6.54 Å². The first kappa shape index (κ1) is 20.9. The van der Waals surface area contributed by atoms with E-state index in [4.69, 9.17) is 40.5 Å². The van der Waals surface area contributed by atoms with Gasteiger partial charge in [-0.25, -0.2) is 0 Å². The first-order chi connectivity index (χ1) is 15.4. The van der Waals surface area contributed by atoms with E-state index in [1.165, 1.54) is 0 Å². The van der Waals surface area contributed by atoms with Gasteiger partial charge in [-0.15, -0.1) is 0 Å². The smallest absolute Gasteiger partial charge is 0.249 e. The molecule has 1 radical (unpaired) electrons. The molecule has 0 spiro atoms. The molecule has 1 heterocycles. The lowest BCUT2D eigenvalue weighted by atomic mass is 10.0. The lowest BCUT2D eigenvalue weighted by Crippen LogP contribution is -2.11. The summed E-state index contributed by atoms with van der Waals surface area (Å²) in [6.07, 6.45) is 0. The first-order valence-corrected chi connectivity index (χ1v) is 11.0. The predicted octanol–water partition coefficient (Wildman–Crippen LogP) is 7.37. The summed E-state index contributed by atoms with van der Waals surface area (Å²) in [4.78, 5) is 12.2. The molecule has 5 rings (SSSR count). The largest absolute Gasteiger partial charge is 0.366 e. The summed E-state index contributed by atoms with van der Waals surface area (Å²) in [5.74, 6) is -0.481. The number of primary amides is 1. The zero-order chi connectivity index (χ0) is 22.4. The molecule has 0 atom stereocenters. The van der Waals surface area contributed by atoms with Crippen LogP contribution in [-0.2, 0) is 6.54 Å². The molecule has 0 aliphatic rings. The number of hydrogen-bond acceptors (Lipinski definition) is 1. The first-order valence-electron chi connectivity index (χ1n) is 9.88. The number of carbonyl (C=O) groups is 1. The van der Waals surface area contributed by atoms with Gasteiger partial charge < -0.3 is 10.3 Å². The molecule has 1 aromatic heterocycles. The normalized spacial score (nSPS) is 11.3. The SMILES string of the molecule is NC(=O)c1cccc2c1c1[c]cc(-c3ccc(Cl)cc3)cc1n2Cc1cc(Cl)ccc1Cl. The van der Waals surface area contributed by atoms with E-state index in [-0.39, 0.29) is 0 Å². The minimum atomic E-state index is -0.481. The third-order valence-electron chi connectivity index (χ3n) is 5.57. The molecule has 2 N–H and O–H groups in total. The monoisotopic (exact) mass is 477 g/mol. The second-order valence-electron chi connectivity index (χ2n) is 7.54. The van der Waals surface area contributed by atoms with Crippen LogP contribution in [0.4, 0.5) is 0 Å². The van der Waals surface area contributed by atoms with Crippen LogP contribution in [0.5, 0.6) is 0 Å². The highest BCUT2D eigenvalue weighted by Crippen LogP contribution is 2.35. The quantitative estimate of drug-likeness (QED) is 0.288. The van der Waals surface area contributed by atoms with Crippen LogP contribution in [-0.4, -0.2) is 10.5 Å². The van der Waals surface area contributed by atoms with E-state index in [9.17, 15) is 4.79 Å². The van der Waals surface area contributed by atoms with Gasteiger partial charge in [-0.3, -0.25) is 4.79 Å². The molecule has 0 fully saturated rings. The highest BCUT2D eigenvalue weighted by atomic mass is 35.5. The van der Waals surface area contributed by atoms with Gasteiger partial charge in [-0.2, -0.15) is 0 Å². The fourth-order valence-corrected chi connectivity index (χ4v) is 4.57. The van der Waals surface area contributed by atoms with Gasteiger partial charge in [-0.1, -0.05) is 53.0 Å². The van der Waals surface area contributed by atoms with Crippen LogP contribution in [0.1, 0.15) is 15.9 Å². The van der Waals surface area contributed by atoms with Gasteiger partial charge in [0.25, 0.3) is 0 Å². The summed E-state index contributed by atoms with van der Waals surface area (Å²) in [7, 11) is 0. The van der Waals surface area contributed by atoms with E-state index in [0.717, 1.165) is 38.5 Å². The van der Waals surface area contributed by atoms with Crippen molar-refractivity contribution in [3.05, 3.63) is 105 Å². The fraction of sp³-hybridized carbons (Fsp3) is 0.0385. The van der Waals surface area contributed by atoms with Crippen molar-refractivity contribution in [1.82, 2.24) is 4.57 Å². The lowest BCUT2D eigenvalue weighted by Gasteiger charge is -2.11. The number of hydrogen-bond donors (Lipinski definition) is 1. The Labute approximate surface area is 199 Å². The molecular weight excluding hydrogens is 463 g/mol. The summed E-state index contributed by atoms with van der Waals surface area (Å²) >= 11 is 18.8. The molecule has 0 saturated heterocycles. The van der Waals surface area contributed by atoms with Gasteiger partial charge in [0.2, 0.25) is 5.91 Å². The van der Waals surface area contributed by atoms with Gasteiger partial charge in [0, 0.05) is 37.9 Å². The van der Waals surface area contributed by atoms with E-state index >= 15 is 0 Å². The Hall–Kier alpha value is -2.98. The van der Waals surface area contributed by atoms with Crippen LogP contribution in [0, 0.1) is 6.07 Å². The summed E-state index contributed by atoms with van der Waals surface area (Å²) < 4.78 is 2.12. The van der Waals surface area contributed by atoms with Gasteiger partial charge in [-0.05, 0) is 77.4 Å². The Morgan fingerprint density at radius 3 is 2.38 bits per heavy atom. The third kappa shape index (κ3) is 3.63. The average molecular weight is 479 g/mol. The summed E-state index contributed by atoms with van der Waals surface area (Å²) in [6, 6.07) is 26.0. The molecule has 157 valence electrons. The van der Waals surface area contributed by atoms with Crippen molar-refractivity contribution in [1.29, 1.82) is 0 Å². The number of aromatic nitrogens is 1. The van der Waals surface area contributed by atoms with Crippen LogP contribution < -0.4 is 5.73 Å². The van der Waals surface area contributed by atoms with Crippen molar-refractivity contribution in [3.63, 3.8) is 0 Å². The number of fused-ring (bicyclic) bond motifs is 3. The topological polar surface area (TPSA) is 48.0 Å². The van der Waals surface area contributed by atoms with Gasteiger partial charge >= 0.3 is 0 Å². The fourth-order valence-electron chi connectivity index (χ4n) is 4.08. The Bertz CT molecular complexity index is 1500. The van der Waals surface area contributed by atoms with E-state index in [2.05, 4.69) is 16.7 Å². The molecule has 0 saturated carbocycles. The molecule has 0 unspecified atom stereocenters. The molecule has 6 heteroatoms. The Kier molecular flexibility index (Phi) is 5.34. The Morgan fingerprint density at radius 2 is 1.62 bits per heavy atom. The minimum absolute atomic E-state index is 0.457. The van der Waals surface area contributed by atoms with E-state index < -0.39 is 5.91 Å². The van der Waals surface area contributed by atoms with Crippen LogP contribution in [0.25, 0.3) is 32.9 Å². The molecule has 5 aromatic rings. The number of halogens is 3. The number of nitrogens with zero attached hydrogens (tertiary/aromatic N) is 1. The zero-order valence-electron chi connectivity index (χ0n) is 16.7. The molecule has 0 aliphatic carbocycles. The van der Waals surface area contributed by atoms with Gasteiger partial charge in [0.15, 0.2) is 0 Å². The van der Waals surface area contributed by atoms with Crippen LogP contribution >= 0.6 is 34.8 Å². The molecule has 3 nitrogen and oxygen atoms in total. The highest BCUT2D eigenvalue weighted by Gasteiger charge is 2.18. The second kappa shape index (κ2) is 8.18. The summed E-state index contributed by atoms with van der Waals surface area (Å²) in [5.41, 5.74) is 10.8. The van der Waals surface area contributed by atoms with Crippen molar-refractivity contribution in [2.75, 3.05) is 0 Å².